The van der Waals surface area contributed by atoms with Gasteiger partial charge in [-0.1, -0.05) is 6.08 Å². The first kappa shape index (κ1) is 15.3. The third-order valence-corrected chi connectivity index (χ3v) is 5.81. The fourth-order valence-corrected chi connectivity index (χ4v) is 4.58. The number of carbonyl (C=O) groups is 2. The highest BCUT2D eigenvalue weighted by Gasteiger charge is 2.49. The van der Waals surface area contributed by atoms with Gasteiger partial charge in [0.15, 0.2) is 5.78 Å². The first-order chi connectivity index (χ1) is 10.4. The molecule has 1 heterocycles. The number of nitrogens with zero attached hydrogens (tertiary/aromatic N) is 2. The summed E-state index contributed by atoms with van der Waals surface area (Å²) in [7, 11) is 0.636. The van der Waals surface area contributed by atoms with Gasteiger partial charge in [-0.2, -0.15) is 5.10 Å². The average Bonchev–Trinajstić information content (AvgIpc) is 3.18. The molecule has 0 spiro atoms. The number of aromatic nitrogens is 2. The Morgan fingerprint density at radius 1 is 1.45 bits per heavy atom. The molecule has 0 saturated heterocycles. The Hall–Kier alpha value is -1.56. The van der Waals surface area contributed by atoms with Gasteiger partial charge < -0.3 is 4.79 Å². The Morgan fingerprint density at radius 2 is 2.14 bits per heavy atom. The first-order valence-corrected chi connectivity index (χ1v) is 9.02. The molecular weight excluding hydrogens is 300 g/mol. The van der Waals surface area contributed by atoms with E-state index in [-0.39, 0.29) is 11.7 Å². The number of hydrogen-bond acceptors (Lipinski definition) is 4. The summed E-state index contributed by atoms with van der Waals surface area (Å²) in [6.07, 6.45) is 7.14. The molecule has 1 fully saturated rings. The second-order valence-electron chi connectivity index (χ2n) is 6.33. The van der Waals surface area contributed by atoms with Gasteiger partial charge in [-0.15, -0.1) is 0 Å². The van der Waals surface area contributed by atoms with Crippen LogP contribution in [0, 0.1) is 12.3 Å². The SMILES string of the molecule is Cc1nn(C)c(S(C)=O)c1C1CC=C(C2(C=O)CC2)C(=O)C1. The summed E-state index contributed by atoms with van der Waals surface area (Å²) in [5.74, 6) is 0.0586. The molecule has 1 saturated carbocycles. The van der Waals surface area contributed by atoms with Crippen molar-refractivity contribution in [1.29, 1.82) is 0 Å². The first-order valence-electron chi connectivity index (χ1n) is 7.46. The predicted octanol–water partition coefficient (Wildman–Crippen LogP) is 1.82. The van der Waals surface area contributed by atoms with Gasteiger partial charge in [-0.25, -0.2) is 0 Å². The van der Waals surface area contributed by atoms with Crippen LogP contribution >= 0.6 is 0 Å². The lowest BCUT2D eigenvalue weighted by molar-refractivity contribution is -0.119. The second kappa shape index (κ2) is 5.26. The number of aryl methyl sites for hydroxylation is 2. The van der Waals surface area contributed by atoms with Gasteiger partial charge in [0.2, 0.25) is 0 Å². The van der Waals surface area contributed by atoms with Crippen molar-refractivity contribution in [2.24, 2.45) is 12.5 Å². The van der Waals surface area contributed by atoms with E-state index in [2.05, 4.69) is 5.10 Å². The molecule has 0 N–H and O–H groups in total. The quantitative estimate of drug-likeness (QED) is 0.794. The van der Waals surface area contributed by atoms with E-state index in [1.165, 1.54) is 0 Å². The van der Waals surface area contributed by atoms with Crippen molar-refractivity contribution in [1.82, 2.24) is 9.78 Å². The molecule has 1 aromatic rings. The number of rotatable bonds is 4. The molecule has 118 valence electrons. The molecule has 6 heteroatoms. The topological polar surface area (TPSA) is 69.0 Å². The molecule has 0 bridgehead atoms. The third kappa shape index (κ3) is 2.29. The Labute approximate surface area is 132 Å². The van der Waals surface area contributed by atoms with Crippen molar-refractivity contribution in [2.75, 3.05) is 6.26 Å². The van der Waals surface area contributed by atoms with Crippen LogP contribution < -0.4 is 0 Å². The standard InChI is InChI=1S/C16H20N2O3S/c1-10-14(15(22(3)21)18(2)17-10)11-4-5-12(13(20)8-11)16(9-19)6-7-16/h5,9,11H,4,6-8H2,1-3H3. The Kier molecular flexibility index (Phi) is 3.67. The van der Waals surface area contributed by atoms with Crippen LogP contribution in [0.3, 0.4) is 0 Å². The van der Waals surface area contributed by atoms with Gasteiger partial charge in [0.05, 0.1) is 21.9 Å². The van der Waals surface area contributed by atoms with Crippen LogP contribution in [-0.4, -0.2) is 32.3 Å². The van der Waals surface area contributed by atoms with Gasteiger partial charge in [0.1, 0.15) is 11.3 Å². The largest absolute Gasteiger partial charge is 0.302 e. The average molecular weight is 320 g/mol. The normalized spacial score (nSPS) is 24.8. The number of ketones is 1. The lowest BCUT2D eigenvalue weighted by Gasteiger charge is -2.24. The van der Waals surface area contributed by atoms with E-state index in [0.29, 0.717) is 23.4 Å². The van der Waals surface area contributed by atoms with Crippen LogP contribution in [0.25, 0.3) is 0 Å². The summed E-state index contributed by atoms with van der Waals surface area (Å²) >= 11 is 0. The maximum Gasteiger partial charge on any atom is 0.160 e. The smallest absolute Gasteiger partial charge is 0.160 e. The molecule has 2 atom stereocenters. The summed E-state index contributed by atoms with van der Waals surface area (Å²) in [6, 6.07) is 0. The summed E-state index contributed by atoms with van der Waals surface area (Å²) in [6.45, 7) is 1.89. The molecule has 2 aliphatic rings. The maximum absolute atomic E-state index is 12.5. The minimum atomic E-state index is -1.15. The number of hydrogen-bond donors (Lipinski definition) is 0. The van der Waals surface area contributed by atoms with E-state index in [9.17, 15) is 13.8 Å². The van der Waals surface area contributed by atoms with E-state index in [0.717, 1.165) is 30.4 Å². The zero-order valence-corrected chi connectivity index (χ0v) is 13.9. The molecule has 3 rings (SSSR count). The van der Waals surface area contributed by atoms with E-state index in [1.807, 2.05) is 13.0 Å². The van der Waals surface area contributed by atoms with Gasteiger partial charge in [-0.3, -0.25) is 13.7 Å². The van der Waals surface area contributed by atoms with Gasteiger partial charge >= 0.3 is 0 Å². The van der Waals surface area contributed by atoms with Crippen molar-refractivity contribution in [3.63, 3.8) is 0 Å². The molecule has 0 aliphatic heterocycles. The Bertz CT molecular complexity index is 713. The summed E-state index contributed by atoms with van der Waals surface area (Å²) in [4.78, 5) is 23.7. The highest BCUT2D eigenvalue weighted by atomic mass is 32.2. The van der Waals surface area contributed by atoms with E-state index in [4.69, 9.17) is 0 Å². The predicted molar refractivity (Wildman–Crippen MR) is 83.1 cm³/mol. The Balaban J connectivity index is 1.95. The lowest BCUT2D eigenvalue weighted by atomic mass is 9.79. The van der Waals surface area contributed by atoms with Crippen molar-refractivity contribution in [2.45, 2.75) is 43.6 Å². The van der Waals surface area contributed by atoms with E-state index < -0.39 is 16.2 Å². The summed E-state index contributed by atoms with van der Waals surface area (Å²) < 4.78 is 13.7. The van der Waals surface area contributed by atoms with Crippen molar-refractivity contribution < 1.29 is 13.8 Å². The number of carbonyl (C=O) groups excluding carboxylic acids is 2. The highest BCUT2D eigenvalue weighted by Crippen LogP contribution is 2.52. The van der Waals surface area contributed by atoms with Crippen LogP contribution in [0.4, 0.5) is 0 Å². The minimum absolute atomic E-state index is 0.00584. The minimum Gasteiger partial charge on any atom is -0.302 e. The molecule has 0 amide bonds. The number of allylic oxidation sites excluding steroid dienone is 2. The van der Waals surface area contributed by atoms with Gasteiger partial charge in [0.25, 0.3) is 0 Å². The van der Waals surface area contributed by atoms with Crippen LogP contribution in [0.2, 0.25) is 0 Å². The van der Waals surface area contributed by atoms with Crippen LogP contribution in [0.1, 0.15) is 42.9 Å². The van der Waals surface area contributed by atoms with Gasteiger partial charge in [0, 0.05) is 30.9 Å². The summed E-state index contributed by atoms with van der Waals surface area (Å²) in [5, 5.41) is 5.06. The fourth-order valence-electron chi connectivity index (χ4n) is 3.54. The van der Waals surface area contributed by atoms with E-state index in [1.54, 1.807) is 18.0 Å². The Morgan fingerprint density at radius 3 is 2.64 bits per heavy atom. The van der Waals surface area contributed by atoms with E-state index >= 15 is 0 Å². The van der Waals surface area contributed by atoms with Gasteiger partial charge in [-0.05, 0) is 32.1 Å². The van der Waals surface area contributed by atoms with Crippen LogP contribution in [-0.2, 0) is 27.4 Å². The molecular formula is C16H20N2O3S. The monoisotopic (exact) mass is 320 g/mol. The molecule has 2 aliphatic carbocycles. The van der Waals surface area contributed by atoms with Crippen molar-refractivity contribution in [3.05, 3.63) is 22.9 Å². The zero-order valence-electron chi connectivity index (χ0n) is 13.1. The number of aldehydes is 1. The lowest BCUT2D eigenvalue weighted by Crippen LogP contribution is -2.22. The van der Waals surface area contributed by atoms with Crippen molar-refractivity contribution in [3.8, 4) is 0 Å². The second-order valence-corrected chi connectivity index (χ2v) is 7.63. The fraction of sp³-hybridized carbons (Fsp3) is 0.562. The molecule has 5 nitrogen and oxygen atoms in total. The summed E-state index contributed by atoms with van der Waals surface area (Å²) in [5.41, 5.74) is 1.96. The molecule has 2 unspecified atom stereocenters. The maximum atomic E-state index is 12.5. The molecule has 22 heavy (non-hydrogen) atoms. The molecule has 0 radical (unpaired) electrons. The highest BCUT2D eigenvalue weighted by molar-refractivity contribution is 7.84. The van der Waals surface area contributed by atoms with Crippen molar-refractivity contribution >= 4 is 22.9 Å². The molecule has 1 aromatic heterocycles. The van der Waals surface area contributed by atoms with Crippen LogP contribution in [0.15, 0.2) is 16.7 Å². The third-order valence-electron chi connectivity index (χ3n) is 4.78. The molecule has 0 aromatic carbocycles. The number of Topliss-reactive ketones (excluding diaryl/α,β-unsaturated/α-hetero) is 1. The van der Waals surface area contributed by atoms with Crippen LogP contribution in [0.5, 0.6) is 0 Å². The zero-order chi connectivity index (χ0) is 16.1.